The average Bonchev–Trinajstić information content (AvgIpc) is 3.22. The summed E-state index contributed by atoms with van der Waals surface area (Å²) in [6.45, 7) is 3.31. The van der Waals surface area contributed by atoms with E-state index >= 15 is 0 Å². The average molecular weight is 450 g/mol. The van der Waals surface area contributed by atoms with Crippen LogP contribution in [0.1, 0.15) is 11.1 Å². The third-order valence-electron chi connectivity index (χ3n) is 6.34. The molecule has 0 saturated carbocycles. The van der Waals surface area contributed by atoms with Crippen LogP contribution in [0.25, 0.3) is 10.9 Å². The number of carbonyl (C=O) groups is 1. The van der Waals surface area contributed by atoms with Gasteiger partial charge in [-0.3, -0.25) is 4.79 Å². The van der Waals surface area contributed by atoms with Gasteiger partial charge in [0.25, 0.3) is 5.91 Å². The summed E-state index contributed by atoms with van der Waals surface area (Å²) in [5, 5.41) is 19.5. The van der Waals surface area contributed by atoms with Crippen molar-refractivity contribution in [2.75, 3.05) is 32.8 Å². The van der Waals surface area contributed by atoms with E-state index in [-0.39, 0.29) is 23.8 Å². The van der Waals surface area contributed by atoms with Crippen molar-refractivity contribution in [2.24, 2.45) is 15.6 Å². The molecule has 0 atom stereocenters. The Bertz CT molecular complexity index is 1320. The molecule has 162 valence electrons. The minimum atomic E-state index is -0.145. The Labute approximate surface area is 188 Å². The van der Waals surface area contributed by atoms with Crippen molar-refractivity contribution >= 4 is 45.5 Å². The summed E-state index contributed by atoms with van der Waals surface area (Å²) in [6, 6.07) is 12.8. The molecule has 3 aliphatic rings. The molecule has 2 fully saturated rings. The highest BCUT2D eigenvalue weighted by atomic mass is 35.5. The Hall–Kier alpha value is -3.36. The van der Waals surface area contributed by atoms with Crippen molar-refractivity contribution in [1.82, 2.24) is 15.2 Å². The standard InChI is InChI=1S/C23H20ClN5O3/c24-13-5-6-17-15(7-13)19(22(31)27-17)21-20(14-3-1-2-4-16(14)26-21)28-32-8-18(30)29-11-23(12-29)9-25-10-23/h1-7,25,27,31H,8-12H2. The van der Waals surface area contributed by atoms with Crippen LogP contribution in [0.5, 0.6) is 5.88 Å². The number of nitrogens with zero attached hydrogens (tertiary/aromatic N) is 3. The van der Waals surface area contributed by atoms with Crippen molar-refractivity contribution in [1.29, 1.82) is 0 Å². The highest BCUT2D eigenvalue weighted by molar-refractivity contribution is 6.58. The maximum atomic E-state index is 12.5. The second kappa shape index (κ2) is 7.08. The first-order valence-electron chi connectivity index (χ1n) is 10.4. The largest absolute Gasteiger partial charge is 0.494 e. The number of aliphatic imine (C=N–C) groups is 1. The number of aromatic hydroxyl groups is 1. The molecule has 0 aliphatic carbocycles. The number of H-pyrrole nitrogens is 1. The first-order chi connectivity index (χ1) is 15.5. The molecule has 8 nitrogen and oxygen atoms in total. The lowest BCUT2D eigenvalue weighted by Gasteiger charge is -2.55. The molecule has 4 heterocycles. The lowest BCUT2D eigenvalue weighted by molar-refractivity contribution is -0.151. The van der Waals surface area contributed by atoms with Gasteiger partial charge in [-0.2, -0.15) is 0 Å². The number of rotatable bonds is 4. The van der Waals surface area contributed by atoms with Crippen LogP contribution in [0, 0.1) is 5.41 Å². The van der Waals surface area contributed by atoms with E-state index in [0.29, 0.717) is 27.7 Å². The quantitative estimate of drug-likeness (QED) is 0.533. The molecule has 0 unspecified atom stereocenters. The van der Waals surface area contributed by atoms with E-state index in [9.17, 15) is 9.90 Å². The zero-order chi connectivity index (χ0) is 21.9. The number of halogens is 1. The van der Waals surface area contributed by atoms with Crippen molar-refractivity contribution < 1.29 is 14.7 Å². The summed E-state index contributed by atoms with van der Waals surface area (Å²) in [6.07, 6.45) is 0. The lowest BCUT2D eigenvalue weighted by Crippen LogP contribution is -2.72. The van der Waals surface area contributed by atoms with Gasteiger partial charge in [0.2, 0.25) is 0 Å². The number of fused-ring (bicyclic) bond motifs is 2. The molecule has 0 bridgehead atoms. The molecule has 1 spiro atoms. The summed E-state index contributed by atoms with van der Waals surface area (Å²) < 4.78 is 0. The Morgan fingerprint density at radius 3 is 2.84 bits per heavy atom. The summed E-state index contributed by atoms with van der Waals surface area (Å²) in [7, 11) is 0. The normalized spacial score (nSPS) is 19.6. The molecular formula is C23H20ClN5O3. The number of hydrogen-bond acceptors (Lipinski definition) is 6. The van der Waals surface area contributed by atoms with Crippen LogP contribution in [0.4, 0.5) is 5.69 Å². The van der Waals surface area contributed by atoms with Crippen LogP contribution in [0.2, 0.25) is 5.02 Å². The number of likely N-dealkylation sites (tertiary alicyclic amines) is 1. The Morgan fingerprint density at radius 1 is 1.25 bits per heavy atom. The molecule has 0 radical (unpaired) electrons. The maximum absolute atomic E-state index is 12.5. The Morgan fingerprint density at radius 2 is 2.06 bits per heavy atom. The van der Waals surface area contributed by atoms with Crippen LogP contribution in [-0.2, 0) is 9.63 Å². The SMILES string of the molecule is O=C(CON=C1C(c2c(O)[nH]c3ccc(Cl)cc23)=Nc2ccccc21)N1CC2(CNC2)C1. The third-order valence-corrected chi connectivity index (χ3v) is 6.58. The molecule has 2 aromatic carbocycles. The van der Waals surface area contributed by atoms with Crippen LogP contribution in [-0.4, -0.2) is 65.1 Å². The van der Waals surface area contributed by atoms with Gasteiger partial charge in [0.05, 0.1) is 11.3 Å². The summed E-state index contributed by atoms with van der Waals surface area (Å²) in [5.74, 6) is -0.115. The number of carbonyl (C=O) groups excluding carboxylic acids is 1. The molecular weight excluding hydrogens is 430 g/mol. The van der Waals surface area contributed by atoms with E-state index in [1.54, 1.807) is 23.1 Å². The molecule has 3 N–H and O–H groups in total. The van der Waals surface area contributed by atoms with Gasteiger partial charge in [-0.15, -0.1) is 0 Å². The molecule has 1 amide bonds. The van der Waals surface area contributed by atoms with Gasteiger partial charge in [-0.1, -0.05) is 35.0 Å². The van der Waals surface area contributed by atoms with Gasteiger partial charge in [0, 0.05) is 53.1 Å². The van der Waals surface area contributed by atoms with Gasteiger partial charge >= 0.3 is 0 Å². The van der Waals surface area contributed by atoms with Gasteiger partial charge in [0.15, 0.2) is 12.5 Å². The fourth-order valence-corrected chi connectivity index (χ4v) is 4.79. The van der Waals surface area contributed by atoms with Crippen molar-refractivity contribution in [3.63, 3.8) is 0 Å². The third kappa shape index (κ3) is 2.98. The van der Waals surface area contributed by atoms with E-state index in [1.807, 2.05) is 24.3 Å². The number of nitrogens with one attached hydrogen (secondary N) is 2. The smallest absolute Gasteiger partial charge is 0.263 e. The van der Waals surface area contributed by atoms with Gasteiger partial charge in [-0.25, -0.2) is 4.99 Å². The highest BCUT2D eigenvalue weighted by Crippen LogP contribution is 2.37. The Balaban J connectivity index is 1.29. The van der Waals surface area contributed by atoms with Gasteiger partial charge in [-0.05, 0) is 24.3 Å². The number of aromatic nitrogens is 1. The maximum Gasteiger partial charge on any atom is 0.263 e. The minimum absolute atomic E-state index is 0.0300. The van der Waals surface area contributed by atoms with E-state index < -0.39 is 0 Å². The number of aromatic amines is 1. The van der Waals surface area contributed by atoms with Crippen LogP contribution in [0.15, 0.2) is 52.6 Å². The van der Waals surface area contributed by atoms with Crippen molar-refractivity contribution in [2.45, 2.75) is 0 Å². The zero-order valence-electron chi connectivity index (χ0n) is 17.1. The lowest BCUT2D eigenvalue weighted by atomic mass is 9.74. The second-order valence-electron chi connectivity index (χ2n) is 8.58. The molecule has 9 heteroatoms. The number of benzene rings is 2. The molecule has 6 rings (SSSR count). The number of para-hydroxylation sites is 1. The predicted molar refractivity (Wildman–Crippen MR) is 122 cm³/mol. The molecule has 3 aromatic rings. The van der Waals surface area contributed by atoms with E-state index in [2.05, 4.69) is 15.5 Å². The fraction of sp³-hybridized carbons (Fsp3) is 0.261. The fourth-order valence-electron chi connectivity index (χ4n) is 4.61. The minimum Gasteiger partial charge on any atom is -0.494 e. The number of hydrogen-bond donors (Lipinski definition) is 3. The second-order valence-corrected chi connectivity index (χ2v) is 9.02. The summed E-state index contributed by atoms with van der Waals surface area (Å²) in [4.78, 5) is 27.4. The molecule has 2 saturated heterocycles. The van der Waals surface area contributed by atoms with Crippen molar-refractivity contribution in [3.8, 4) is 5.88 Å². The number of amides is 1. The van der Waals surface area contributed by atoms with Crippen LogP contribution >= 0.6 is 11.6 Å². The highest BCUT2D eigenvalue weighted by Gasteiger charge is 2.49. The summed E-state index contributed by atoms with van der Waals surface area (Å²) in [5.41, 5.74) is 3.91. The number of oxime groups is 1. The topological polar surface area (TPSA) is 102 Å². The van der Waals surface area contributed by atoms with Crippen LogP contribution in [0.3, 0.4) is 0 Å². The molecule has 3 aliphatic heterocycles. The predicted octanol–water partition coefficient (Wildman–Crippen LogP) is 2.81. The van der Waals surface area contributed by atoms with Gasteiger partial charge < -0.3 is 25.1 Å². The first kappa shape index (κ1) is 19.3. The Kier molecular flexibility index (Phi) is 4.28. The van der Waals surface area contributed by atoms with Crippen LogP contribution < -0.4 is 5.32 Å². The van der Waals surface area contributed by atoms with Gasteiger partial charge in [0.1, 0.15) is 11.4 Å². The first-order valence-corrected chi connectivity index (χ1v) is 10.8. The zero-order valence-corrected chi connectivity index (χ0v) is 17.8. The summed E-state index contributed by atoms with van der Waals surface area (Å²) >= 11 is 6.20. The van der Waals surface area contributed by atoms with Crippen molar-refractivity contribution in [3.05, 3.63) is 58.6 Å². The molecule has 1 aromatic heterocycles. The van der Waals surface area contributed by atoms with E-state index in [1.165, 1.54) is 0 Å². The molecule has 32 heavy (non-hydrogen) atoms. The van der Waals surface area contributed by atoms with E-state index in [4.69, 9.17) is 21.4 Å². The monoisotopic (exact) mass is 449 g/mol. The van der Waals surface area contributed by atoms with E-state index in [0.717, 1.165) is 42.6 Å².